The summed E-state index contributed by atoms with van der Waals surface area (Å²) in [6, 6.07) is 3.44. The highest BCUT2D eigenvalue weighted by Gasteiger charge is 2.36. The zero-order valence-corrected chi connectivity index (χ0v) is 11.0. The molecule has 0 aromatic heterocycles. The van der Waals surface area contributed by atoms with Crippen LogP contribution in [0.1, 0.15) is 30.4 Å². The summed E-state index contributed by atoms with van der Waals surface area (Å²) < 4.78 is 52.2. The van der Waals surface area contributed by atoms with Gasteiger partial charge in [-0.15, -0.1) is 0 Å². The van der Waals surface area contributed by atoms with E-state index < -0.39 is 23.7 Å². The van der Waals surface area contributed by atoms with Gasteiger partial charge in [-0.2, -0.15) is 13.2 Å². The van der Waals surface area contributed by atoms with Crippen LogP contribution in [0.4, 0.5) is 17.6 Å². The van der Waals surface area contributed by atoms with Gasteiger partial charge in [0.2, 0.25) is 0 Å². The molecule has 112 valence electrons. The van der Waals surface area contributed by atoms with Crippen LogP contribution < -0.4 is 0 Å². The number of likely N-dealkylation sites (tertiary alicyclic amines) is 1. The van der Waals surface area contributed by atoms with Gasteiger partial charge in [0.25, 0.3) is 0 Å². The van der Waals surface area contributed by atoms with Crippen molar-refractivity contribution in [3.63, 3.8) is 0 Å². The third-order valence-electron chi connectivity index (χ3n) is 3.57. The molecule has 0 aliphatic carbocycles. The first-order valence-corrected chi connectivity index (χ1v) is 6.63. The standard InChI is InChI=1S/C14H17F4NO/c15-12-5-1-3-10(13(12)14(16,17)18)9-19-7-2-4-11(20)6-8-19/h1,3,5,11,20H,2,4,6-9H2/t11-/m0/s1. The summed E-state index contributed by atoms with van der Waals surface area (Å²) in [5.74, 6) is -1.23. The van der Waals surface area contributed by atoms with E-state index in [4.69, 9.17) is 0 Å². The van der Waals surface area contributed by atoms with Gasteiger partial charge in [-0.3, -0.25) is 4.90 Å². The summed E-state index contributed by atoms with van der Waals surface area (Å²) in [6.45, 7) is 1.19. The van der Waals surface area contributed by atoms with Crippen LogP contribution in [0.3, 0.4) is 0 Å². The van der Waals surface area contributed by atoms with Crippen LogP contribution in [0.2, 0.25) is 0 Å². The Hall–Kier alpha value is -1.14. The lowest BCUT2D eigenvalue weighted by atomic mass is 10.1. The van der Waals surface area contributed by atoms with Crippen molar-refractivity contribution >= 4 is 0 Å². The normalized spacial score (nSPS) is 21.8. The van der Waals surface area contributed by atoms with Gasteiger partial charge in [-0.25, -0.2) is 4.39 Å². The molecule has 6 heteroatoms. The van der Waals surface area contributed by atoms with Crippen LogP contribution in [-0.2, 0) is 12.7 Å². The fourth-order valence-electron chi connectivity index (χ4n) is 2.56. The fourth-order valence-corrected chi connectivity index (χ4v) is 2.56. The number of aliphatic hydroxyl groups is 1. The van der Waals surface area contributed by atoms with Gasteiger partial charge in [-0.1, -0.05) is 12.1 Å². The zero-order valence-electron chi connectivity index (χ0n) is 11.0. The van der Waals surface area contributed by atoms with Gasteiger partial charge in [0, 0.05) is 13.1 Å². The molecule has 2 rings (SSSR count). The van der Waals surface area contributed by atoms with E-state index in [0.29, 0.717) is 25.9 Å². The Bertz CT molecular complexity index is 461. The van der Waals surface area contributed by atoms with Crippen molar-refractivity contribution in [1.29, 1.82) is 0 Å². The maximum Gasteiger partial charge on any atom is 0.419 e. The van der Waals surface area contributed by atoms with E-state index in [-0.39, 0.29) is 12.1 Å². The molecule has 1 heterocycles. The molecule has 2 nitrogen and oxygen atoms in total. The lowest BCUT2D eigenvalue weighted by molar-refractivity contribution is -0.140. The minimum absolute atomic E-state index is 0.0473. The molecule has 0 amide bonds. The largest absolute Gasteiger partial charge is 0.419 e. The van der Waals surface area contributed by atoms with E-state index >= 15 is 0 Å². The maximum atomic E-state index is 13.5. The first-order valence-electron chi connectivity index (χ1n) is 6.63. The number of halogens is 4. The Morgan fingerprint density at radius 2 is 1.95 bits per heavy atom. The maximum absolute atomic E-state index is 13.5. The van der Waals surface area contributed by atoms with Gasteiger partial charge >= 0.3 is 6.18 Å². The van der Waals surface area contributed by atoms with E-state index in [1.54, 1.807) is 0 Å². The van der Waals surface area contributed by atoms with E-state index in [1.807, 2.05) is 4.90 Å². The molecule has 1 aromatic rings. The lowest BCUT2D eigenvalue weighted by Gasteiger charge is -2.22. The molecule has 1 atom stereocenters. The third kappa shape index (κ3) is 3.70. The van der Waals surface area contributed by atoms with E-state index in [2.05, 4.69) is 0 Å². The average molecular weight is 291 g/mol. The molecule has 20 heavy (non-hydrogen) atoms. The molecular formula is C14H17F4NO. The Morgan fingerprint density at radius 3 is 2.65 bits per heavy atom. The first kappa shape index (κ1) is 15.3. The van der Waals surface area contributed by atoms with E-state index in [1.165, 1.54) is 12.1 Å². The minimum atomic E-state index is -4.69. The zero-order chi connectivity index (χ0) is 14.8. The van der Waals surface area contributed by atoms with Crippen LogP contribution in [-0.4, -0.2) is 29.2 Å². The quantitative estimate of drug-likeness (QED) is 0.846. The summed E-state index contributed by atoms with van der Waals surface area (Å²) in [7, 11) is 0. The van der Waals surface area contributed by atoms with Crippen LogP contribution in [0.25, 0.3) is 0 Å². The smallest absolute Gasteiger partial charge is 0.393 e. The Morgan fingerprint density at radius 1 is 1.20 bits per heavy atom. The van der Waals surface area contributed by atoms with Gasteiger partial charge in [-0.05, 0) is 37.4 Å². The van der Waals surface area contributed by atoms with Crippen molar-refractivity contribution in [2.45, 2.75) is 38.1 Å². The summed E-state index contributed by atoms with van der Waals surface area (Å²) in [5.41, 5.74) is -1.22. The minimum Gasteiger partial charge on any atom is -0.393 e. The molecule has 1 aromatic carbocycles. The number of hydrogen-bond acceptors (Lipinski definition) is 2. The second kappa shape index (κ2) is 6.10. The predicted octanol–water partition coefficient (Wildman–Crippen LogP) is 3.19. The average Bonchev–Trinajstić information content (AvgIpc) is 2.53. The molecule has 0 spiro atoms. The van der Waals surface area contributed by atoms with Crippen LogP contribution in [0.5, 0.6) is 0 Å². The highest BCUT2D eigenvalue weighted by Crippen LogP contribution is 2.34. The van der Waals surface area contributed by atoms with Crippen LogP contribution >= 0.6 is 0 Å². The molecule has 1 fully saturated rings. The van der Waals surface area contributed by atoms with Gasteiger partial charge in [0.05, 0.1) is 11.7 Å². The van der Waals surface area contributed by atoms with Gasteiger partial charge < -0.3 is 5.11 Å². The van der Waals surface area contributed by atoms with Crippen molar-refractivity contribution in [3.8, 4) is 0 Å². The molecule has 0 bridgehead atoms. The van der Waals surface area contributed by atoms with E-state index in [9.17, 15) is 22.7 Å². The van der Waals surface area contributed by atoms with Crippen LogP contribution in [0, 0.1) is 5.82 Å². The fraction of sp³-hybridized carbons (Fsp3) is 0.571. The number of nitrogens with zero attached hydrogens (tertiary/aromatic N) is 1. The van der Waals surface area contributed by atoms with Crippen LogP contribution in [0.15, 0.2) is 18.2 Å². The summed E-state index contributed by atoms with van der Waals surface area (Å²) in [6.07, 6.45) is -3.15. The highest BCUT2D eigenvalue weighted by atomic mass is 19.4. The Kier molecular flexibility index (Phi) is 4.65. The molecule has 1 aliphatic rings. The number of alkyl halides is 3. The summed E-state index contributed by atoms with van der Waals surface area (Å²) in [4.78, 5) is 1.83. The molecule has 1 N–H and O–H groups in total. The van der Waals surface area contributed by atoms with Gasteiger partial charge in [0.1, 0.15) is 5.82 Å². The summed E-state index contributed by atoms with van der Waals surface area (Å²) in [5, 5.41) is 9.53. The second-order valence-electron chi connectivity index (χ2n) is 5.13. The Labute approximate surface area is 115 Å². The monoisotopic (exact) mass is 291 g/mol. The Balaban J connectivity index is 2.19. The van der Waals surface area contributed by atoms with E-state index in [0.717, 1.165) is 12.5 Å². The number of hydrogen-bond donors (Lipinski definition) is 1. The van der Waals surface area contributed by atoms with Crippen molar-refractivity contribution in [1.82, 2.24) is 4.90 Å². The second-order valence-corrected chi connectivity index (χ2v) is 5.13. The molecule has 1 aliphatic heterocycles. The number of rotatable bonds is 2. The summed E-state index contributed by atoms with van der Waals surface area (Å²) >= 11 is 0. The molecular weight excluding hydrogens is 274 g/mol. The SMILES string of the molecule is O[C@H]1CCCN(Cc2cccc(F)c2C(F)(F)F)CC1. The molecule has 0 radical (unpaired) electrons. The molecule has 0 saturated carbocycles. The predicted molar refractivity (Wildman–Crippen MR) is 66.5 cm³/mol. The van der Waals surface area contributed by atoms with Crippen molar-refractivity contribution in [2.75, 3.05) is 13.1 Å². The number of benzene rings is 1. The van der Waals surface area contributed by atoms with Crippen molar-refractivity contribution in [3.05, 3.63) is 35.1 Å². The lowest BCUT2D eigenvalue weighted by Crippen LogP contribution is -2.26. The van der Waals surface area contributed by atoms with Crippen molar-refractivity contribution < 1.29 is 22.7 Å². The topological polar surface area (TPSA) is 23.5 Å². The highest BCUT2D eigenvalue weighted by molar-refractivity contribution is 5.31. The molecule has 1 saturated heterocycles. The van der Waals surface area contributed by atoms with Crippen molar-refractivity contribution in [2.24, 2.45) is 0 Å². The molecule has 0 unspecified atom stereocenters. The van der Waals surface area contributed by atoms with Gasteiger partial charge in [0.15, 0.2) is 0 Å². The third-order valence-corrected chi connectivity index (χ3v) is 3.57. The number of aliphatic hydroxyl groups excluding tert-OH is 1. The first-order chi connectivity index (χ1) is 9.38.